The van der Waals surface area contributed by atoms with Crippen LogP contribution < -0.4 is 15.8 Å². The van der Waals surface area contributed by atoms with Crippen LogP contribution in [0, 0.1) is 15.9 Å². The average molecular weight is 299 g/mol. The number of nitro groups is 1. The normalized spacial score (nSPS) is 13.8. The number of benzene rings is 1. The quantitative estimate of drug-likeness (QED) is 0.583. The molecule has 0 aliphatic heterocycles. The third kappa shape index (κ3) is 4.38. The predicted molar refractivity (Wildman–Crippen MR) is 74.4 cm³/mol. The van der Waals surface area contributed by atoms with E-state index in [1.54, 1.807) is 6.92 Å². The lowest BCUT2D eigenvalue weighted by atomic mass is 10.0. The molecule has 1 aromatic carbocycles. The van der Waals surface area contributed by atoms with Crippen LogP contribution in [-0.4, -0.2) is 29.0 Å². The minimum atomic E-state index is -1.18. The number of amides is 1. The summed E-state index contributed by atoms with van der Waals surface area (Å²) in [6, 6.07) is 2.99. The number of rotatable bonds is 7. The van der Waals surface area contributed by atoms with Gasteiger partial charge in [-0.05, 0) is 26.8 Å². The Labute approximate surface area is 121 Å². The molecule has 1 unspecified atom stereocenters. The number of primary amides is 1. The van der Waals surface area contributed by atoms with Gasteiger partial charge >= 0.3 is 0 Å². The van der Waals surface area contributed by atoms with Crippen LogP contribution in [0.3, 0.4) is 0 Å². The summed E-state index contributed by atoms with van der Waals surface area (Å²) in [5.41, 5.74) is 3.77. The first kappa shape index (κ1) is 16.8. The topological polar surface area (TPSA) is 107 Å². The first-order chi connectivity index (χ1) is 9.65. The van der Waals surface area contributed by atoms with Gasteiger partial charge < -0.3 is 10.5 Å². The Kier molecular flexibility index (Phi) is 5.20. The standard InChI is InChI=1S/C13H18FN3O4/c1-8(2)16-13(3,12(15)18)7-21-11-5-4-9(17(19)20)6-10(11)14/h4-6,8,16H,7H2,1-3H3,(H2,15,18). The lowest BCUT2D eigenvalue weighted by molar-refractivity contribution is -0.385. The van der Waals surface area contributed by atoms with E-state index in [1.807, 2.05) is 13.8 Å². The van der Waals surface area contributed by atoms with Gasteiger partial charge in [-0.2, -0.15) is 0 Å². The highest BCUT2D eigenvalue weighted by atomic mass is 19.1. The molecule has 8 heteroatoms. The maximum absolute atomic E-state index is 13.7. The Balaban J connectivity index is 2.86. The van der Waals surface area contributed by atoms with Crippen LogP contribution in [0.4, 0.5) is 10.1 Å². The number of nitrogens with zero attached hydrogens (tertiary/aromatic N) is 1. The summed E-state index contributed by atoms with van der Waals surface area (Å²) < 4.78 is 18.9. The smallest absolute Gasteiger partial charge is 0.272 e. The Morgan fingerprint density at radius 3 is 2.62 bits per heavy atom. The van der Waals surface area contributed by atoms with E-state index in [-0.39, 0.29) is 24.1 Å². The maximum atomic E-state index is 13.7. The van der Waals surface area contributed by atoms with Crippen molar-refractivity contribution < 1.29 is 18.8 Å². The number of non-ortho nitro benzene ring substituents is 1. The molecule has 0 aliphatic carbocycles. The van der Waals surface area contributed by atoms with E-state index in [2.05, 4.69) is 5.32 Å². The molecule has 1 atom stereocenters. The molecule has 0 radical (unpaired) electrons. The van der Waals surface area contributed by atoms with Gasteiger partial charge in [0.25, 0.3) is 5.69 Å². The number of nitro benzene ring substituents is 1. The van der Waals surface area contributed by atoms with Gasteiger partial charge in [0.05, 0.1) is 11.0 Å². The van der Waals surface area contributed by atoms with Crippen LogP contribution in [-0.2, 0) is 4.79 Å². The first-order valence-corrected chi connectivity index (χ1v) is 6.30. The first-order valence-electron chi connectivity index (χ1n) is 6.30. The van der Waals surface area contributed by atoms with Crippen LogP contribution in [0.15, 0.2) is 18.2 Å². The van der Waals surface area contributed by atoms with Crippen LogP contribution in [0.1, 0.15) is 20.8 Å². The minimum absolute atomic E-state index is 0.0344. The Hall–Kier alpha value is -2.22. The molecule has 0 aromatic heterocycles. The number of hydrogen-bond donors (Lipinski definition) is 2. The van der Waals surface area contributed by atoms with Crippen molar-refractivity contribution in [1.82, 2.24) is 5.32 Å². The zero-order valence-corrected chi connectivity index (χ0v) is 12.1. The summed E-state index contributed by atoms with van der Waals surface area (Å²) in [6.07, 6.45) is 0. The summed E-state index contributed by atoms with van der Waals surface area (Å²) in [6.45, 7) is 5.00. The van der Waals surface area contributed by atoms with Gasteiger partial charge in [0.2, 0.25) is 5.91 Å². The molecule has 1 rings (SSSR count). The fraction of sp³-hybridized carbons (Fsp3) is 0.462. The Morgan fingerprint density at radius 1 is 1.57 bits per heavy atom. The number of ether oxygens (including phenoxy) is 1. The average Bonchev–Trinajstić information content (AvgIpc) is 2.36. The summed E-state index contributed by atoms with van der Waals surface area (Å²) in [4.78, 5) is 21.3. The van der Waals surface area contributed by atoms with E-state index in [0.29, 0.717) is 0 Å². The summed E-state index contributed by atoms with van der Waals surface area (Å²) in [5, 5.41) is 13.5. The highest BCUT2D eigenvalue weighted by molar-refractivity contribution is 5.84. The third-order valence-corrected chi connectivity index (χ3v) is 2.79. The molecule has 0 heterocycles. The van der Waals surface area contributed by atoms with Gasteiger partial charge in [-0.15, -0.1) is 0 Å². The van der Waals surface area contributed by atoms with Crippen LogP contribution in [0.5, 0.6) is 5.75 Å². The van der Waals surface area contributed by atoms with Crippen LogP contribution in [0.2, 0.25) is 0 Å². The molecule has 1 aromatic rings. The molecule has 21 heavy (non-hydrogen) atoms. The molecular formula is C13H18FN3O4. The molecular weight excluding hydrogens is 281 g/mol. The largest absolute Gasteiger partial charge is 0.488 e. The Bertz CT molecular complexity index is 550. The second-order valence-electron chi connectivity index (χ2n) is 5.16. The zero-order chi connectivity index (χ0) is 16.2. The van der Waals surface area contributed by atoms with Gasteiger partial charge in [0, 0.05) is 12.1 Å². The second-order valence-corrected chi connectivity index (χ2v) is 5.16. The number of nitrogens with two attached hydrogens (primary N) is 1. The van der Waals surface area contributed by atoms with E-state index in [9.17, 15) is 19.3 Å². The van der Waals surface area contributed by atoms with Gasteiger partial charge in [0.1, 0.15) is 12.1 Å². The number of nitrogens with one attached hydrogen (secondary N) is 1. The van der Waals surface area contributed by atoms with Crippen LogP contribution in [0.25, 0.3) is 0 Å². The predicted octanol–water partition coefficient (Wildman–Crippen LogP) is 1.35. The second kappa shape index (κ2) is 6.49. The van der Waals surface area contributed by atoms with E-state index in [4.69, 9.17) is 10.5 Å². The van der Waals surface area contributed by atoms with Crippen molar-refractivity contribution in [2.45, 2.75) is 32.4 Å². The number of carbonyl (C=O) groups excluding carboxylic acids is 1. The van der Waals surface area contributed by atoms with Gasteiger partial charge in [-0.1, -0.05) is 0 Å². The highest BCUT2D eigenvalue weighted by Crippen LogP contribution is 2.23. The van der Waals surface area contributed by atoms with Crippen molar-refractivity contribution in [3.63, 3.8) is 0 Å². The van der Waals surface area contributed by atoms with E-state index in [1.165, 1.54) is 0 Å². The third-order valence-electron chi connectivity index (χ3n) is 2.79. The summed E-state index contributed by atoms with van der Waals surface area (Å²) >= 11 is 0. The maximum Gasteiger partial charge on any atom is 0.272 e. The minimum Gasteiger partial charge on any atom is -0.488 e. The molecule has 7 nitrogen and oxygen atoms in total. The monoisotopic (exact) mass is 299 g/mol. The van der Waals surface area contributed by atoms with Crippen molar-refractivity contribution in [1.29, 1.82) is 0 Å². The molecule has 0 aliphatic rings. The molecule has 0 saturated heterocycles. The molecule has 116 valence electrons. The van der Waals surface area contributed by atoms with E-state index < -0.39 is 22.2 Å². The molecule has 0 fully saturated rings. The number of halogens is 1. The van der Waals surface area contributed by atoms with Crippen molar-refractivity contribution >= 4 is 11.6 Å². The molecule has 0 bridgehead atoms. The molecule has 0 saturated carbocycles. The van der Waals surface area contributed by atoms with E-state index in [0.717, 1.165) is 18.2 Å². The van der Waals surface area contributed by atoms with Crippen molar-refractivity contribution in [3.8, 4) is 5.75 Å². The fourth-order valence-corrected chi connectivity index (χ4v) is 1.76. The van der Waals surface area contributed by atoms with Gasteiger partial charge in [-0.3, -0.25) is 20.2 Å². The van der Waals surface area contributed by atoms with Gasteiger partial charge in [-0.25, -0.2) is 4.39 Å². The van der Waals surface area contributed by atoms with Crippen molar-refractivity contribution in [3.05, 3.63) is 34.1 Å². The SMILES string of the molecule is CC(C)NC(C)(COc1ccc([N+](=O)[O-])cc1F)C(N)=O. The van der Waals surface area contributed by atoms with Gasteiger partial charge in [0.15, 0.2) is 11.6 Å². The lowest BCUT2D eigenvalue weighted by Crippen LogP contribution is -2.59. The van der Waals surface area contributed by atoms with E-state index >= 15 is 0 Å². The summed E-state index contributed by atoms with van der Waals surface area (Å²) in [7, 11) is 0. The number of hydrogen-bond acceptors (Lipinski definition) is 5. The van der Waals surface area contributed by atoms with Crippen molar-refractivity contribution in [2.24, 2.45) is 5.73 Å². The number of carbonyl (C=O) groups is 1. The lowest BCUT2D eigenvalue weighted by Gasteiger charge is -2.29. The van der Waals surface area contributed by atoms with Crippen LogP contribution >= 0.6 is 0 Å². The molecule has 1 amide bonds. The Morgan fingerprint density at radius 2 is 2.19 bits per heavy atom. The van der Waals surface area contributed by atoms with Crippen molar-refractivity contribution in [2.75, 3.05) is 6.61 Å². The highest BCUT2D eigenvalue weighted by Gasteiger charge is 2.33. The molecule has 0 spiro atoms. The molecule has 3 N–H and O–H groups in total. The zero-order valence-electron chi connectivity index (χ0n) is 12.1. The summed E-state index contributed by atoms with van der Waals surface area (Å²) in [5.74, 6) is -1.70. The fourth-order valence-electron chi connectivity index (χ4n) is 1.76.